The van der Waals surface area contributed by atoms with Crippen molar-refractivity contribution in [2.24, 2.45) is 0 Å². The quantitative estimate of drug-likeness (QED) is 0.576. The van der Waals surface area contributed by atoms with Crippen molar-refractivity contribution in [1.29, 1.82) is 0 Å². The summed E-state index contributed by atoms with van der Waals surface area (Å²) >= 11 is 0. The molecule has 3 aromatic rings. The third kappa shape index (κ3) is 3.36. The van der Waals surface area contributed by atoms with E-state index in [1.165, 1.54) is 11.1 Å². The zero-order chi connectivity index (χ0) is 17.9. The zero-order valence-electron chi connectivity index (χ0n) is 15.2. The second-order valence-electron chi connectivity index (χ2n) is 6.87. The van der Waals surface area contributed by atoms with Gasteiger partial charge in [0.25, 0.3) is 0 Å². The van der Waals surface area contributed by atoms with E-state index in [0.717, 1.165) is 34.6 Å². The van der Waals surface area contributed by atoms with Crippen LogP contribution >= 0.6 is 0 Å². The van der Waals surface area contributed by atoms with Crippen LogP contribution < -0.4 is 0 Å². The first-order chi connectivity index (χ1) is 12.7. The van der Waals surface area contributed by atoms with E-state index >= 15 is 0 Å². The van der Waals surface area contributed by atoms with Crippen LogP contribution in [0.4, 0.5) is 0 Å². The molecule has 4 rings (SSSR count). The molecule has 0 amide bonds. The van der Waals surface area contributed by atoms with Crippen LogP contribution in [0.3, 0.4) is 0 Å². The molecular weight excluding hydrogens is 316 g/mol. The van der Waals surface area contributed by atoms with Gasteiger partial charge in [0.15, 0.2) is 0 Å². The Labute approximate surface area is 155 Å². The molecule has 2 nitrogen and oxygen atoms in total. The summed E-state index contributed by atoms with van der Waals surface area (Å²) in [5.74, 6) is 0.271. The van der Waals surface area contributed by atoms with E-state index in [-0.39, 0.29) is 5.92 Å². The van der Waals surface area contributed by atoms with Gasteiger partial charge in [-0.1, -0.05) is 84.0 Å². The van der Waals surface area contributed by atoms with Crippen LogP contribution in [-0.4, -0.2) is 9.97 Å². The molecule has 0 spiro atoms. The molecule has 2 aromatic carbocycles. The lowest BCUT2D eigenvalue weighted by molar-refractivity contribution is 0.804. The SMILES string of the molecule is CC1=CCC(c2ncc(-c3ccccc3)nc2-c2ccc(C)cc2)C=C1. The summed E-state index contributed by atoms with van der Waals surface area (Å²) in [6, 6.07) is 18.8. The summed E-state index contributed by atoms with van der Waals surface area (Å²) in [4.78, 5) is 9.88. The van der Waals surface area contributed by atoms with Gasteiger partial charge >= 0.3 is 0 Å². The molecule has 1 aromatic heterocycles. The Kier molecular flexibility index (Phi) is 4.49. The average Bonchev–Trinajstić information content (AvgIpc) is 2.70. The molecule has 1 heterocycles. The fraction of sp³-hybridized carbons (Fsp3) is 0.167. The van der Waals surface area contributed by atoms with Gasteiger partial charge in [0.1, 0.15) is 0 Å². The highest BCUT2D eigenvalue weighted by molar-refractivity contribution is 5.68. The number of allylic oxidation sites excluding steroid dienone is 4. The summed E-state index contributed by atoms with van der Waals surface area (Å²) in [6.45, 7) is 4.24. The zero-order valence-corrected chi connectivity index (χ0v) is 15.2. The molecule has 2 heteroatoms. The topological polar surface area (TPSA) is 25.8 Å². The Hall–Kier alpha value is -3.00. The van der Waals surface area contributed by atoms with E-state index < -0.39 is 0 Å². The smallest absolute Gasteiger partial charge is 0.0931 e. The van der Waals surface area contributed by atoms with Crippen molar-refractivity contribution in [3.8, 4) is 22.5 Å². The van der Waals surface area contributed by atoms with Crippen LogP contribution in [0.2, 0.25) is 0 Å². The molecule has 0 fully saturated rings. The predicted molar refractivity (Wildman–Crippen MR) is 108 cm³/mol. The maximum absolute atomic E-state index is 5.02. The van der Waals surface area contributed by atoms with Crippen molar-refractivity contribution in [3.05, 3.63) is 95.9 Å². The molecule has 0 saturated carbocycles. The largest absolute Gasteiger partial charge is 0.256 e. The summed E-state index contributed by atoms with van der Waals surface area (Å²) in [7, 11) is 0. The third-order valence-electron chi connectivity index (χ3n) is 4.83. The van der Waals surface area contributed by atoms with Crippen LogP contribution in [0.5, 0.6) is 0 Å². The van der Waals surface area contributed by atoms with Gasteiger partial charge in [-0.3, -0.25) is 4.98 Å². The van der Waals surface area contributed by atoms with Crippen LogP contribution in [0.1, 0.15) is 30.5 Å². The molecule has 0 aliphatic heterocycles. The van der Waals surface area contributed by atoms with E-state index in [1.807, 2.05) is 24.4 Å². The number of aromatic nitrogens is 2. The van der Waals surface area contributed by atoms with Gasteiger partial charge in [-0.05, 0) is 20.3 Å². The minimum absolute atomic E-state index is 0.271. The van der Waals surface area contributed by atoms with Gasteiger partial charge in [-0.25, -0.2) is 4.98 Å². The maximum Gasteiger partial charge on any atom is 0.0931 e. The Bertz CT molecular complexity index is 967. The van der Waals surface area contributed by atoms with E-state index in [2.05, 4.69) is 68.5 Å². The van der Waals surface area contributed by atoms with Gasteiger partial charge in [0, 0.05) is 17.0 Å². The van der Waals surface area contributed by atoms with Gasteiger partial charge in [0.2, 0.25) is 0 Å². The van der Waals surface area contributed by atoms with Gasteiger partial charge in [-0.2, -0.15) is 0 Å². The Morgan fingerprint density at radius 3 is 2.35 bits per heavy atom. The monoisotopic (exact) mass is 338 g/mol. The first-order valence-corrected chi connectivity index (χ1v) is 9.05. The van der Waals surface area contributed by atoms with Crippen molar-refractivity contribution < 1.29 is 0 Å². The molecule has 1 aliphatic rings. The lowest BCUT2D eigenvalue weighted by Crippen LogP contribution is -2.06. The second-order valence-corrected chi connectivity index (χ2v) is 6.87. The number of rotatable bonds is 3. The summed E-state index contributed by atoms with van der Waals surface area (Å²) in [6.07, 6.45) is 9.58. The van der Waals surface area contributed by atoms with Gasteiger partial charge < -0.3 is 0 Å². The number of benzene rings is 2. The fourth-order valence-corrected chi connectivity index (χ4v) is 3.27. The van der Waals surface area contributed by atoms with Crippen molar-refractivity contribution >= 4 is 0 Å². The Balaban J connectivity index is 1.83. The van der Waals surface area contributed by atoms with Crippen LogP contribution in [-0.2, 0) is 0 Å². The molecule has 26 heavy (non-hydrogen) atoms. The highest BCUT2D eigenvalue weighted by atomic mass is 14.8. The van der Waals surface area contributed by atoms with E-state index in [4.69, 9.17) is 9.97 Å². The van der Waals surface area contributed by atoms with Crippen molar-refractivity contribution in [1.82, 2.24) is 9.97 Å². The van der Waals surface area contributed by atoms with E-state index in [0.29, 0.717) is 0 Å². The third-order valence-corrected chi connectivity index (χ3v) is 4.83. The molecule has 0 bridgehead atoms. The van der Waals surface area contributed by atoms with Crippen LogP contribution in [0.15, 0.2) is 84.6 Å². The molecule has 0 N–H and O–H groups in total. The number of aryl methyl sites for hydroxylation is 1. The highest BCUT2D eigenvalue weighted by Gasteiger charge is 2.19. The lowest BCUT2D eigenvalue weighted by Gasteiger charge is -2.18. The van der Waals surface area contributed by atoms with Crippen molar-refractivity contribution in [2.45, 2.75) is 26.2 Å². The molecule has 1 aliphatic carbocycles. The fourth-order valence-electron chi connectivity index (χ4n) is 3.27. The normalized spacial score (nSPS) is 16.4. The summed E-state index contributed by atoms with van der Waals surface area (Å²) < 4.78 is 0. The molecule has 1 atom stereocenters. The molecular formula is C24H22N2. The van der Waals surface area contributed by atoms with Crippen LogP contribution in [0, 0.1) is 6.92 Å². The summed E-state index contributed by atoms with van der Waals surface area (Å²) in [5.41, 5.74) is 7.72. The number of hydrogen-bond acceptors (Lipinski definition) is 2. The first kappa shape index (κ1) is 16.5. The highest BCUT2D eigenvalue weighted by Crippen LogP contribution is 2.33. The summed E-state index contributed by atoms with van der Waals surface area (Å²) in [5, 5.41) is 0. The average molecular weight is 338 g/mol. The standard InChI is InChI=1S/C24H22N2/c1-17-8-12-20(13-9-17)23-24(21-14-10-18(2)11-15-21)26-22(16-25-23)19-6-4-3-5-7-19/h3-12,14-16,20H,13H2,1-2H3. The van der Waals surface area contributed by atoms with Gasteiger partial charge in [-0.15, -0.1) is 0 Å². The minimum Gasteiger partial charge on any atom is -0.256 e. The molecule has 0 radical (unpaired) electrons. The molecule has 1 unspecified atom stereocenters. The van der Waals surface area contributed by atoms with E-state index in [9.17, 15) is 0 Å². The Morgan fingerprint density at radius 2 is 1.65 bits per heavy atom. The number of nitrogens with zero attached hydrogens (tertiary/aromatic N) is 2. The van der Waals surface area contributed by atoms with E-state index in [1.54, 1.807) is 0 Å². The predicted octanol–water partition coefficient (Wildman–Crippen LogP) is 6.11. The minimum atomic E-state index is 0.271. The number of hydrogen-bond donors (Lipinski definition) is 0. The first-order valence-electron chi connectivity index (χ1n) is 9.05. The van der Waals surface area contributed by atoms with Gasteiger partial charge in [0.05, 0.1) is 23.3 Å². The van der Waals surface area contributed by atoms with Crippen molar-refractivity contribution in [2.75, 3.05) is 0 Å². The second kappa shape index (κ2) is 7.09. The molecule has 128 valence electrons. The lowest BCUT2D eigenvalue weighted by atomic mass is 9.91. The molecule has 0 saturated heterocycles. The van der Waals surface area contributed by atoms with Crippen LogP contribution in [0.25, 0.3) is 22.5 Å². The maximum atomic E-state index is 5.02. The Morgan fingerprint density at radius 1 is 0.885 bits per heavy atom. The van der Waals surface area contributed by atoms with Crippen molar-refractivity contribution in [3.63, 3.8) is 0 Å².